The summed E-state index contributed by atoms with van der Waals surface area (Å²) in [7, 11) is 0. The van der Waals surface area contributed by atoms with Crippen LogP contribution in [0.2, 0.25) is 0 Å². The fraction of sp³-hybridized carbons (Fsp3) is 0.533. The maximum atomic E-state index is 12.9. The minimum atomic E-state index is -0.237. The van der Waals surface area contributed by atoms with E-state index in [1.165, 1.54) is 12.1 Å². The number of hydrogen-bond acceptors (Lipinski definition) is 2. The first-order valence-electron chi connectivity index (χ1n) is 6.76. The van der Waals surface area contributed by atoms with Gasteiger partial charge >= 0.3 is 0 Å². The van der Waals surface area contributed by atoms with Crippen molar-refractivity contribution in [2.75, 3.05) is 13.1 Å². The Hall–Kier alpha value is -1.42. The predicted octanol–water partition coefficient (Wildman–Crippen LogP) is 1.97. The lowest BCUT2D eigenvalue weighted by Gasteiger charge is -2.26. The molecule has 1 aromatic carbocycles. The van der Waals surface area contributed by atoms with Gasteiger partial charge in [0.2, 0.25) is 5.91 Å². The number of benzene rings is 1. The van der Waals surface area contributed by atoms with Crippen molar-refractivity contribution in [3.8, 4) is 0 Å². The minimum Gasteiger partial charge on any atom is -0.354 e. The number of halogens is 1. The van der Waals surface area contributed by atoms with Gasteiger partial charge in [-0.15, -0.1) is 0 Å². The maximum Gasteiger partial charge on any atom is 0.237 e. The Kier molecular flexibility index (Phi) is 4.20. The smallest absolute Gasteiger partial charge is 0.237 e. The first-order valence-corrected chi connectivity index (χ1v) is 6.76. The lowest BCUT2D eigenvalue weighted by molar-refractivity contribution is -0.123. The van der Waals surface area contributed by atoms with Gasteiger partial charge in [-0.3, -0.25) is 4.79 Å². The molecule has 0 aromatic heterocycles. The Morgan fingerprint density at radius 2 is 2.11 bits per heavy atom. The third kappa shape index (κ3) is 3.53. The molecule has 1 unspecified atom stereocenters. The predicted molar refractivity (Wildman–Crippen MR) is 73.5 cm³/mol. The van der Waals surface area contributed by atoms with Gasteiger partial charge in [0.25, 0.3) is 0 Å². The second-order valence-corrected chi connectivity index (χ2v) is 5.76. The molecule has 19 heavy (non-hydrogen) atoms. The largest absolute Gasteiger partial charge is 0.354 e. The Balaban J connectivity index is 1.93. The summed E-state index contributed by atoms with van der Waals surface area (Å²) >= 11 is 0. The van der Waals surface area contributed by atoms with Crippen molar-refractivity contribution in [2.45, 2.75) is 38.1 Å². The molecule has 0 spiro atoms. The van der Waals surface area contributed by atoms with E-state index in [0.717, 1.165) is 24.9 Å². The lowest BCUT2D eigenvalue weighted by atomic mass is 9.84. The van der Waals surface area contributed by atoms with Crippen LogP contribution in [0.25, 0.3) is 0 Å². The van der Waals surface area contributed by atoms with Crippen molar-refractivity contribution in [3.63, 3.8) is 0 Å². The number of amides is 1. The van der Waals surface area contributed by atoms with Crippen LogP contribution in [-0.4, -0.2) is 25.0 Å². The van der Waals surface area contributed by atoms with E-state index < -0.39 is 0 Å². The number of nitrogens with one attached hydrogen (secondary N) is 2. The first kappa shape index (κ1) is 14.0. The summed E-state index contributed by atoms with van der Waals surface area (Å²) in [5.74, 6) is -0.175. The molecular weight excluding hydrogens is 243 g/mol. The van der Waals surface area contributed by atoms with Crippen molar-refractivity contribution in [1.29, 1.82) is 0 Å². The summed E-state index contributed by atoms with van der Waals surface area (Å²) in [5, 5.41) is 6.16. The molecule has 1 amide bonds. The zero-order chi connectivity index (χ0) is 13.9. The summed E-state index contributed by atoms with van der Waals surface area (Å²) in [4.78, 5) is 11.9. The van der Waals surface area contributed by atoms with Crippen LogP contribution in [0.15, 0.2) is 24.3 Å². The normalized spacial score (nSPS) is 19.4. The second kappa shape index (κ2) is 5.70. The van der Waals surface area contributed by atoms with E-state index in [2.05, 4.69) is 10.6 Å². The standard InChI is InChI=1S/C15H21FN2O/c1-15(2,11-5-7-12(16)8-6-11)10-18-14(19)13-4-3-9-17-13/h5-8,13,17H,3-4,9-10H2,1-2H3,(H,18,19). The molecule has 1 fully saturated rings. The van der Waals surface area contributed by atoms with E-state index >= 15 is 0 Å². The Bertz CT molecular complexity index is 436. The van der Waals surface area contributed by atoms with Crippen molar-refractivity contribution < 1.29 is 9.18 Å². The molecule has 1 saturated heterocycles. The second-order valence-electron chi connectivity index (χ2n) is 5.76. The first-order chi connectivity index (χ1) is 8.99. The molecule has 1 aliphatic heterocycles. The molecule has 2 rings (SSSR count). The SMILES string of the molecule is CC(C)(CNC(=O)C1CCCN1)c1ccc(F)cc1. The van der Waals surface area contributed by atoms with Crippen LogP contribution in [0.3, 0.4) is 0 Å². The van der Waals surface area contributed by atoms with Gasteiger partial charge in [0.15, 0.2) is 0 Å². The van der Waals surface area contributed by atoms with Crippen LogP contribution in [0.4, 0.5) is 4.39 Å². The van der Waals surface area contributed by atoms with E-state index in [1.807, 2.05) is 13.8 Å². The fourth-order valence-corrected chi connectivity index (χ4v) is 2.34. The van der Waals surface area contributed by atoms with Crippen LogP contribution < -0.4 is 10.6 Å². The Labute approximate surface area is 113 Å². The van der Waals surface area contributed by atoms with E-state index in [4.69, 9.17) is 0 Å². The Morgan fingerprint density at radius 3 is 2.68 bits per heavy atom. The zero-order valence-electron chi connectivity index (χ0n) is 11.5. The van der Waals surface area contributed by atoms with Gasteiger partial charge in [-0.05, 0) is 37.1 Å². The average Bonchev–Trinajstić information content (AvgIpc) is 2.90. The van der Waals surface area contributed by atoms with Crippen molar-refractivity contribution >= 4 is 5.91 Å². The third-order valence-electron chi connectivity index (χ3n) is 3.71. The summed E-state index contributed by atoms with van der Waals surface area (Å²) in [6.07, 6.45) is 1.96. The van der Waals surface area contributed by atoms with Crippen LogP contribution in [0.1, 0.15) is 32.3 Å². The van der Waals surface area contributed by atoms with Gasteiger partial charge in [0.05, 0.1) is 6.04 Å². The molecule has 0 radical (unpaired) electrons. The zero-order valence-corrected chi connectivity index (χ0v) is 11.5. The molecule has 0 aliphatic carbocycles. The van der Waals surface area contributed by atoms with Gasteiger partial charge in [-0.1, -0.05) is 26.0 Å². The van der Waals surface area contributed by atoms with Crippen LogP contribution in [-0.2, 0) is 10.2 Å². The lowest BCUT2D eigenvalue weighted by Crippen LogP contribution is -2.45. The molecule has 4 heteroatoms. The summed E-state index contributed by atoms with van der Waals surface area (Å²) in [6.45, 7) is 5.56. The third-order valence-corrected chi connectivity index (χ3v) is 3.71. The topological polar surface area (TPSA) is 41.1 Å². The quantitative estimate of drug-likeness (QED) is 0.873. The highest BCUT2D eigenvalue weighted by Crippen LogP contribution is 2.22. The van der Waals surface area contributed by atoms with Crippen LogP contribution in [0, 0.1) is 5.82 Å². The molecular formula is C15H21FN2O. The highest BCUT2D eigenvalue weighted by molar-refractivity contribution is 5.82. The molecule has 104 valence electrons. The van der Waals surface area contributed by atoms with Gasteiger partial charge in [0, 0.05) is 12.0 Å². The molecule has 1 atom stereocenters. The fourth-order valence-electron chi connectivity index (χ4n) is 2.34. The Morgan fingerprint density at radius 1 is 1.42 bits per heavy atom. The van der Waals surface area contributed by atoms with Crippen LogP contribution >= 0.6 is 0 Å². The number of hydrogen-bond donors (Lipinski definition) is 2. The maximum absolute atomic E-state index is 12.9. The van der Waals surface area contributed by atoms with E-state index in [9.17, 15) is 9.18 Å². The number of carbonyl (C=O) groups excluding carboxylic acids is 1. The molecule has 2 N–H and O–H groups in total. The van der Waals surface area contributed by atoms with E-state index in [1.54, 1.807) is 12.1 Å². The minimum absolute atomic E-state index is 0.0518. The summed E-state index contributed by atoms with van der Waals surface area (Å²) < 4.78 is 12.9. The monoisotopic (exact) mass is 264 g/mol. The van der Waals surface area contributed by atoms with Crippen molar-refractivity contribution in [1.82, 2.24) is 10.6 Å². The molecule has 1 aliphatic rings. The number of carbonyl (C=O) groups is 1. The highest BCUT2D eigenvalue weighted by Gasteiger charge is 2.25. The number of rotatable bonds is 4. The molecule has 3 nitrogen and oxygen atoms in total. The van der Waals surface area contributed by atoms with Gasteiger partial charge < -0.3 is 10.6 Å². The van der Waals surface area contributed by atoms with Gasteiger partial charge in [-0.25, -0.2) is 4.39 Å². The van der Waals surface area contributed by atoms with Crippen LogP contribution in [0.5, 0.6) is 0 Å². The van der Waals surface area contributed by atoms with Gasteiger partial charge in [-0.2, -0.15) is 0 Å². The van der Waals surface area contributed by atoms with E-state index in [-0.39, 0.29) is 23.2 Å². The van der Waals surface area contributed by atoms with Crippen molar-refractivity contribution in [2.24, 2.45) is 0 Å². The molecule has 0 saturated carbocycles. The molecule has 1 aromatic rings. The molecule has 1 heterocycles. The van der Waals surface area contributed by atoms with Crippen molar-refractivity contribution in [3.05, 3.63) is 35.6 Å². The highest BCUT2D eigenvalue weighted by atomic mass is 19.1. The summed E-state index contributed by atoms with van der Waals surface area (Å²) in [5.41, 5.74) is 0.815. The molecule has 0 bridgehead atoms. The van der Waals surface area contributed by atoms with Gasteiger partial charge in [0.1, 0.15) is 5.82 Å². The summed E-state index contributed by atoms with van der Waals surface area (Å²) in [6, 6.07) is 6.41. The average molecular weight is 264 g/mol. The van der Waals surface area contributed by atoms with E-state index in [0.29, 0.717) is 6.54 Å².